The molecular weight excluding hydrogens is 276 g/mol. The lowest BCUT2D eigenvalue weighted by Gasteiger charge is -2.34. The molecule has 0 aromatic heterocycles. The Morgan fingerprint density at radius 2 is 1.48 bits per heavy atom. The van der Waals surface area contributed by atoms with Crippen LogP contribution in [0.2, 0.25) is 0 Å². The van der Waals surface area contributed by atoms with Crippen molar-refractivity contribution in [3.63, 3.8) is 0 Å². The van der Waals surface area contributed by atoms with E-state index >= 15 is 0 Å². The largest absolute Gasteiger partial charge is 0.0625 e. The molecule has 3 aliphatic carbocycles. The molecular formula is C23H42. The highest BCUT2D eigenvalue weighted by molar-refractivity contribution is 4.88. The van der Waals surface area contributed by atoms with E-state index in [0.29, 0.717) is 0 Å². The molecule has 0 heterocycles. The number of unbranched alkanes of at least 4 members (excludes halogenated alkanes) is 1. The number of hydrogen-bond acceptors (Lipinski definition) is 0. The second kappa shape index (κ2) is 8.91. The van der Waals surface area contributed by atoms with E-state index in [9.17, 15) is 0 Å². The topological polar surface area (TPSA) is 0 Å². The summed E-state index contributed by atoms with van der Waals surface area (Å²) in [6.45, 7) is 5.11. The van der Waals surface area contributed by atoms with Crippen LogP contribution in [0.25, 0.3) is 0 Å². The zero-order chi connectivity index (χ0) is 16.1. The van der Waals surface area contributed by atoms with Gasteiger partial charge in [-0.15, -0.1) is 0 Å². The summed E-state index contributed by atoms with van der Waals surface area (Å²) in [5, 5.41) is 0. The molecule has 0 N–H and O–H groups in total. The maximum Gasteiger partial charge on any atom is -0.0357 e. The van der Waals surface area contributed by atoms with Gasteiger partial charge in [-0.1, -0.05) is 90.9 Å². The highest BCUT2D eigenvalue weighted by Gasteiger charge is 2.38. The summed E-state index contributed by atoms with van der Waals surface area (Å²) in [5.41, 5.74) is 0. The Labute approximate surface area is 146 Å². The number of rotatable bonds is 6. The molecule has 0 bridgehead atoms. The van der Waals surface area contributed by atoms with Crippen molar-refractivity contribution in [3.8, 4) is 0 Å². The molecule has 0 heteroatoms. The summed E-state index contributed by atoms with van der Waals surface area (Å²) >= 11 is 0. The fourth-order valence-electron chi connectivity index (χ4n) is 6.54. The van der Waals surface area contributed by atoms with Gasteiger partial charge in [0.1, 0.15) is 0 Å². The number of hydrogen-bond donors (Lipinski definition) is 0. The molecule has 3 fully saturated rings. The smallest absolute Gasteiger partial charge is 0.0357 e. The van der Waals surface area contributed by atoms with Crippen LogP contribution in [0, 0.1) is 35.5 Å². The second-order valence-electron chi connectivity index (χ2n) is 9.68. The van der Waals surface area contributed by atoms with Gasteiger partial charge in [-0.25, -0.2) is 0 Å². The molecule has 134 valence electrons. The molecule has 3 saturated carbocycles. The minimum atomic E-state index is 1.01. The van der Waals surface area contributed by atoms with Crippen LogP contribution in [0.1, 0.15) is 110 Å². The first-order valence-electron chi connectivity index (χ1n) is 11.2. The molecule has 0 radical (unpaired) electrons. The predicted molar refractivity (Wildman–Crippen MR) is 102 cm³/mol. The molecule has 0 aromatic rings. The molecule has 0 amide bonds. The van der Waals surface area contributed by atoms with E-state index in [1.165, 1.54) is 44.9 Å². The standard InChI is InChI=1S/C23H42/c1-18-9-8-14-22(17-18)23-16-15-21(19(23)2)13-7-6-12-20-10-4-3-5-11-20/h18-23H,3-17H2,1-2H3. The third-order valence-corrected chi connectivity index (χ3v) is 8.03. The Morgan fingerprint density at radius 1 is 0.696 bits per heavy atom. The van der Waals surface area contributed by atoms with Gasteiger partial charge >= 0.3 is 0 Å². The quantitative estimate of drug-likeness (QED) is 0.442. The van der Waals surface area contributed by atoms with Crippen molar-refractivity contribution in [2.75, 3.05) is 0 Å². The molecule has 5 unspecified atom stereocenters. The Morgan fingerprint density at radius 3 is 2.26 bits per heavy atom. The predicted octanol–water partition coefficient (Wildman–Crippen LogP) is 7.62. The van der Waals surface area contributed by atoms with Crippen LogP contribution in [0.3, 0.4) is 0 Å². The average molecular weight is 319 g/mol. The van der Waals surface area contributed by atoms with E-state index in [2.05, 4.69) is 13.8 Å². The van der Waals surface area contributed by atoms with Gasteiger partial charge in [0.05, 0.1) is 0 Å². The Bertz CT molecular complexity index is 327. The molecule has 0 nitrogen and oxygen atoms in total. The maximum atomic E-state index is 2.61. The molecule has 0 aromatic carbocycles. The Balaban J connectivity index is 1.34. The molecule has 5 atom stereocenters. The molecule has 0 aliphatic heterocycles. The van der Waals surface area contributed by atoms with E-state index in [1.807, 2.05) is 0 Å². The fourth-order valence-corrected chi connectivity index (χ4v) is 6.54. The van der Waals surface area contributed by atoms with Gasteiger partial charge in [-0.3, -0.25) is 0 Å². The normalized spacial score (nSPS) is 39.7. The van der Waals surface area contributed by atoms with E-state index in [-0.39, 0.29) is 0 Å². The van der Waals surface area contributed by atoms with Gasteiger partial charge < -0.3 is 0 Å². The summed E-state index contributed by atoms with van der Waals surface area (Å²) in [7, 11) is 0. The summed E-state index contributed by atoms with van der Waals surface area (Å²) in [5.74, 6) is 6.38. The first-order valence-corrected chi connectivity index (χ1v) is 11.2. The van der Waals surface area contributed by atoms with Crippen molar-refractivity contribution in [2.45, 2.75) is 110 Å². The van der Waals surface area contributed by atoms with Gasteiger partial charge in [0.25, 0.3) is 0 Å². The van der Waals surface area contributed by atoms with Crippen molar-refractivity contribution in [1.82, 2.24) is 0 Å². The van der Waals surface area contributed by atoms with Gasteiger partial charge in [0.15, 0.2) is 0 Å². The zero-order valence-corrected chi connectivity index (χ0v) is 16.1. The molecule has 3 aliphatic rings. The van der Waals surface area contributed by atoms with E-state index in [1.54, 1.807) is 51.4 Å². The average Bonchev–Trinajstić information content (AvgIpc) is 2.93. The van der Waals surface area contributed by atoms with Crippen LogP contribution in [0.4, 0.5) is 0 Å². The van der Waals surface area contributed by atoms with Gasteiger partial charge in [0.2, 0.25) is 0 Å². The van der Waals surface area contributed by atoms with Crippen LogP contribution in [-0.2, 0) is 0 Å². The summed E-state index contributed by atoms with van der Waals surface area (Å²) in [6, 6.07) is 0. The Hall–Kier alpha value is 0. The minimum absolute atomic E-state index is 1.01. The van der Waals surface area contributed by atoms with E-state index < -0.39 is 0 Å². The lowest BCUT2D eigenvalue weighted by atomic mass is 9.71. The monoisotopic (exact) mass is 318 g/mol. The maximum absolute atomic E-state index is 2.61. The van der Waals surface area contributed by atoms with E-state index in [4.69, 9.17) is 0 Å². The van der Waals surface area contributed by atoms with Crippen LogP contribution < -0.4 is 0 Å². The lowest BCUT2D eigenvalue weighted by molar-refractivity contribution is 0.161. The first kappa shape index (κ1) is 17.8. The van der Waals surface area contributed by atoms with Crippen molar-refractivity contribution in [1.29, 1.82) is 0 Å². The summed E-state index contributed by atoms with van der Waals surface area (Å²) < 4.78 is 0. The molecule has 3 rings (SSSR count). The van der Waals surface area contributed by atoms with Crippen molar-refractivity contribution in [2.24, 2.45) is 35.5 Å². The zero-order valence-electron chi connectivity index (χ0n) is 16.1. The summed E-state index contributed by atoms with van der Waals surface area (Å²) in [4.78, 5) is 0. The van der Waals surface area contributed by atoms with Crippen LogP contribution in [0.5, 0.6) is 0 Å². The van der Waals surface area contributed by atoms with Crippen LogP contribution in [-0.4, -0.2) is 0 Å². The van der Waals surface area contributed by atoms with Crippen molar-refractivity contribution in [3.05, 3.63) is 0 Å². The first-order chi connectivity index (χ1) is 11.2. The molecule has 0 saturated heterocycles. The van der Waals surface area contributed by atoms with Crippen LogP contribution in [0.15, 0.2) is 0 Å². The van der Waals surface area contributed by atoms with E-state index in [0.717, 1.165) is 35.5 Å². The second-order valence-corrected chi connectivity index (χ2v) is 9.68. The van der Waals surface area contributed by atoms with Gasteiger partial charge in [0, 0.05) is 0 Å². The highest BCUT2D eigenvalue weighted by Crippen LogP contribution is 2.48. The highest BCUT2D eigenvalue weighted by atomic mass is 14.4. The summed E-state index contributed by atoms with van der Waals surface area (Å²) in [6.07, 6.45) is 23.0. The molecule has 0 spiro atoms. The van der Waals surface area contributed by atoms with Crippen molar-refractivity contribution >= 4 is 0 Å². The Kier molecular flexibility index (Phi) is 6.90. The third-order valence-electron chi connectivity index (χ3n) is 8.03. The van der Waals surface area contributed by atoms with Crippen LogP contribution >= 0.6 is 0 Å². The fraction of sp³-hybridized carbons (Fsp3) is 1.00. The SMILES string of the molecule is CC1CCCC(C2CCC(CCCCC3CCCCC3)C2C)C1. The molecule has 23 heavy (non-hydrogen) atoms. The van der Waals surface area contributed by atoms with Gasteiger partial charge in [-0.05, 0) is 54.8 Å². The third kappa shape index (κ3) is 4.99. The minimum Gasteiger partial charge on any atom is -0.0625 e. The van der Waals surface area contributed by atoms with Gasteiger partial charge in [-0.2, -0.15) is 0 Å². The lowest BCUT2D eigenvalue weighted by Crippen LogP contribution is -2.25. The van der Waals surface area contributed by atoms with Crippen molar-refractivity contribution < 1.29 is 0 Å².